The van der Waals surface area contributed by atoms with Crippen molar-refractivity contribution in [1.82, 2.24) is 0 Å². The summed E-state index contributed by atoms with van der Waals surface area (Å²) in [6, 6.07) is 11.2. The summed E-state index contributed by atoms with van der Waals surface area (Å²) in [6.07, 6.45) is 13.0. The smallest absolute Gasteiger partial charge is 0.189 e. The highest BCUT2D eigenvalue weighted by atomic mass is 16.5. The molecule has 0 aliphatic carbocycles. The molecule has 0 saturated heterocycles. The first kappa shape index (κ1) is 29.3. The van der Waals surface area contributed by atoms with Crippen molar-refractivity contribution in [3.63, 3.8) is 0 Å². The maximum atomic E-state index is 13.2. The Morgan fingerprint density at radius 1 is 0.750 bits per heavy atom. The molecule has 0 bridgehead atoms. The zero-order valence-electron chi connectivity index (χ0n) is 22.6. The van der Waals surface area contributed by atoms with Gasteiger partial charge in [-0.1, -0.05) is 71.4 Å². The monoisotopic (exact) mass is 496 g/mol. The minimum Gasteiger partial charge on any atom is -0.493 e. The molecule has 36 heavy (non-hydrogen) atoms. The zero-order valence-corrected chi connectivity index (χ0v) is 22.6. The number of ketones is 1. The average Bonchev–Trinajstić information content (AvgIpc) is 2.90. The molecule has 0 N–H and O–H groups in total. The van der Waals surface area contributed by atoms with E-state index in [0.29, 0.717) is 48.4 Å². The first-order valence-electron chi connectivity index (χ1n) is 13.6. The third-order valence-electron chi connectivity index (χ3n) is 5.86. The fourth-order valence-electron chi connectivity index (χ4n) is 3.76. The van der Waals surface area contributed by atoms with Crippen molar-refractivity contribution >= 4 is 11.9 Å². The number of allylic oxidation sites excluding steroid dienone is 1. The summed E-state index contributed by atoms with van der Waals surface area (Å²) in [5.74, 6) is 2.43. The molecule has 0 unspecified atom stereocenters. The second-order valence-electron chi connectivity index (χ2n) is 8.90. The Kier molecular flexibility index (Phi) is 14.2. The maximum absolute atomic E-state index is 13.2. The normalized spacial score (nSPS) is 11.0. The molecule has 0 fully saturated rings. The van der Waals surface area contributed by atoms with Gasteiger partial charge in [-0.05, 0) is 49.6 Å². The molecule has 198 valence electrons. The highest BCUT2D eigenvalue weighted by Crippen LogP contribution is 2.37. The minimum absolute atomic E-state index is 0.119. The largest absolute Gasteiger partial charge is 0.493 e. The van der Waals surface area contributed by atoms with Gasteiger partial charge < -0.3 is 18.9 Å². The Bertz CT molecular complexity index is 935. The summed E-state index contributed by atoms with van der Waals surface area (Å²) in [7, 11) is 1.62. The van der Waals surface area contributed by atoms with E-state index in [1.165, 1.54) is 0 Å². The molecule has 2 aromatic carbocycles. The van der Waals surface area contributed by atoms with E-state index < -0.39 is 0 Å². The average molecular weight is 497 g/mol. The van der Waals surface area contributed by atoms with Gasteiger partial charge in [0.1, 0.15) is 11.5 Å². The second kappa shape index (κ2) is 17.5. The number of ether oxygens (including phenoxy) is 4. The lowest BCUT2D eigenvalue weighted by Gasteiger charge is -2.16. The van der Waals surface area contributed by atoms with Crippen LogP contribution in [0.4, 0.5) is 0 Å². The number of carbonyl (C=O) groups is 1. The molecule has 0 amide bonds. The van der Waals surface area contributed by atoms with E-state index in [1.807, 2.05) is 30.3 Å². The van der Waals surface area contributed by atoms with Crippen molar-refractivity contribution in [3.05, 3.63) is 53.6 Å². The van der Waals surface area contributed by atoms with Crippen LogP contribution in [0.25, 0.3) is 6.08 Å². The summed E-state index contributed by atoms with van der Waals surface area (Å²) in [4.78, 5) is 13.2. The summed E-state index contributed by atoms with van der Waals surface area (Å²) < 4.78 is 23.7. The van der Waals surface area contributed by atoms with Gasteiger partial charge in [0.05, 0.1) is 32.5 Å². The molecule has 0 aliphatic heterocycles. The van der Waals surface area contributed by atoms with E-state index in [-0.39, 0.29) is 5.78 Å². The Labute approximate surface area is 217 Å². The SMILES string of the molecule is CCCCCOc1cc(/C=C/C(=O)c2ccccc2OCCCCC)c(OCCCCC)c(OC)c1. The maximum Gasteiger partial charge on any atom is 0.189 e. The lowest BCUT2D eigenvalue weighted by Crippen LogP contribution is -2.04. The summed E-state index contributed by atoms with van der Waals surface area (Å²) in [5, 5.41) is 0. The Morgan fingerprint density at radius 3 is 2.00 bits per heavy atom. The van der Waals surface area contributed by atoms with Crippen molar-refractivity contribution in [1.29, 1.82) is 0 Å². The number of carbonyl (C=O) groups excluding carboxylic acids is 1. The number of para-hydroxylation sites is 1. The standard InChI is InChI=1S/C31H44O5/c1-5-8-13-20-34-26-23-25(31(30(24-26)33-4)36-22-15-10-7-3)18-19-28(32)27-16-11-12-17-29(27)35-21-14-9-6-2/h11-12,16-19,23-24H,5-10,13-15,20-22H2,1-4H3/b19-18+. The molecule has 2 rings (SSSR count). The summed E-state index contributed by atoms with van der Waals surface area (Å²) in [6.45, 7) is 8.32. The van der Waals surface area contributed by atoms with Crippen molar-refractivity contribution in [2.75, 3.05) is 26.9 Å². The number of hydrogen-bond acceptors (Lipinski definition) is 5. The number of rotatable bonds is 19. The molecule has 5 nitrogen and oxygen atoms in total. The molecule has 0 aromatic heterocycles. The summed E-state index contributed by atoms with van der Waals surface area (Å²) in [5.41, 5.74) is 1.31. The zero-order chi connectivity index (χ0) is 26.0. The van der Waals surface area contributed by atoms with Crippen molar-refractivity contribution in [3.8, 4) is 23.0 Å². The number of benzene rings is 2. The van der Waals surface area contributed by atoms with E-state index in [1.54, 1.807) is 25.3 Å². The van der Waals surface area contributed by atoms with Crippen molar-refractivity contribution < 1.29 is 23.7 Å². The highest BCUT2D eigenvalue weighted by Gasteiger charge is 2.15. The first-order chi connectivity index (χ1) is 17.6. The molecule has 0 saturated carbocycles. The van der Waals surface area contributed by atoms with Gasteiger partial charge in [-0.15, -0.1) is 0 Å². The molecule has 0 aliphatic rings. The lowest BCUT2D eigenvalue weighted by molar-refractivity contribution is 0.104. The van der Waals surface area contributed by atoms with Gasteiger partial charge in [0.25, 0.3) is 0 Å². The molecule has 2 aromatic rings. The predicted molar refractivity (Wildman–Crippen MR) is 148 cm³/mol. The van der Waals surface area contributed by atoms with Crippen molar-refractivity contribution in [2.45, 2.75) is 78.6 Å². The third-order valence-corrected chi connectivity index (χ3v) is 5.86. The van der Waals surface area contributed by atoms with E-state index in [0.717, 1.165) is 63.4 Å². The van der Waals surface area contributed by atoms with Crippen LogP contribution in [0.3, 0.4) is 0 Å². The van der Waals surface area contributed by atoms with Crippen LogP contribution < -0.4 is 18.9 Å². The quantitative estimate of drug-likeness (QED) is 0.111. The van der Waals surface area contributed by atoms with Gasteiger partial charge in [-0.2, -0.15) is 0 Å². The van der Waals surface area contributed by atoms with Crippen LogP contribution in [0.15, 0.2) is 42.5 Å². The van der Waals surface area contributed by atoms with Gasteiger partial charge in [-0.25, -0.2) is 0 Å². The lowest BCUT2D eigenvalue weighted by atomic mass is 10.1. The number of unbranched alkanes of at least 4 members (excludes halogenated alkanes) is 6. The fraction of sp³-hybridized carbons (Fsp3) is 0.516. The van der Waals surface area contributed by atoms with Crippen LogP contribution in [0.5, 0.6) is 23.0 Å². The van der Waals surface area contributed by atoms with E-state index in [4.69, 9.17) is 18.9 Å². The molecule has 0 spiro atoms. The van der Waals surface area contributed by atoms with Gasteiger partial charge in [0, 0.05) is 11.6 Å². The Hall–Kier alpha value is -2.95. The van der Waals surface area contributed by atoms with Gasteiger partial charge >= 0.3 is 0 Å². The minimum atomic E-state index is -0.119. The van der Waals surface area contributed by atoms with Gasteiger partial charge in [0.2, 0.25) is 0 Å². The highest BCUT2D eigenvalue weighted by molar-refractivity contribution is 6.08. The molecular weight excluding hydrogens is 452 g/mol. The molecule has 0 heterocycles. The van der Waals surface area contributed by atoms with Crippen molar-refractivity contribution in [2.24, 2.45) is 0 Å². The first-order valence-corrected chi connectivity index (χ1v) is 13.6. The van der Waals surface area contributed by atoms with Gasteiger partial charge in [0.15, 0.2) is 17.3 Å². The van der Waals surface area contributed by atoms with Crippen LogP contribution in [0, 0.1) is 0 Å². The van der Waals surface area contributed by atoms with Crippen LogP contribution in [-0.2, 0) is 0 Å². The third kappa shape index (κ3) is 9.96. The molecule has 0 atom stereocenters. The predicted octanol–water partition coefficient (Wildman–Crippen LogP) is 8.30. The van der Waals surface area contributed by atoms with E-state index in [2.05, 4.69) is 20.8 Å². The topological polar surface area (TPSA) is 54.0 Å². The van der Waals surface area contributed by atoms with Crippen LogP contribution in [-0.4, -0.2) is 32.7 Å². The van der Waals surface area contributed by atoms with E-state index >= 15 is 0 Å². The Balaban J connectivity index is 2.27. The number of methoxy groups -OCH3 is 1. The van der Waals surface area contributed by atoms with E-state index in [9.17, 15) is 4.79 Å². The summed E-state index contributed by atoms with van der Waals surface area (Å²) >= 11 is 0. The van der Waals surface area contributed by atoms with Gasteiger partial charge in [-0.3, -0.25) is 4.79 Å². The van der Waals surface area contributed by atoms with Crippen LogP contribution in [0.1, 0.15) is 94.5 Å². The van der Waals surface area contributed by atoms with Crippen LogP contribution >= 0.6 is 0 Å². The fourth-order valence-corrected chi connectivity index (χ4v) is 3.76. The molecule has 5 heteroatoms. The number of hydrogen-bond donors (Lipinski definition) is 0. The Morgan fingerprint density at radius 2 is 1.36 bits per heavy atom. The molecule has 0 radical (unpaired) electrons. The second-order valence-corrected chi connectivity index (χ2v) is 8.90. The molecular formula is C31H44O5. The van der Waals surface area contributed by atoms with Crippen LogP contribution in [0.2, 0.25) is 0 Å².